The van der Waals surface area contributed by atoms with Crippen molar-refractivity contribution in [2.45, 2.75) is 51.5 Å². The summed E-state index contributed by atoms with van der Waals surface area (Å²) in [5.41, 5.74) is 1.87. The molecule has 3 rings (SSSR count). The van der Waals surface area contributed by atoms with Gasteiger partial charge in [-0.05, 0) is 32.6 Å². The number of rotatable bonds is 7. The number of aryl methyl sites for hydroxylation is 2. The summed E-state index contributed by atoms with van der Waals surface area (Å²) in [7, 11) is 0. The summed E-state index contributed by atoms with van der Waals surface area (Å²) in [6.45, 7) is 2.95. The first-order chi connectivity index (χ1) is 12.2. The Bertz CT molecular complexity index is 696. The summed E-state index contributed by atoms with van der Waals surface area (Å²) in [4.78, 5) is 19.0. The van der Waals surface area contributed by atoms with Crippen molar-refractivity contribution in [3.05, 3.63) is 41.9 Å². The van der Waals surface area contributed by atoms with Crippen molar-refractivity contribution in [1.29, 1.82) is 0 Å². The first-order valence-electron chi connectivity index (χ1n) is 9.11. The summed E-state index contributed by atoms with van der Waals surface area (Å²) in [6.07, 6.45) is 4.69. The van der Waals surface area contributed by atoms with Gasteiger partial charge in [-0.25, -0.2) is 4.98 Å². The van der Waals surface area contributed by atoms with Crippen LogP contribution in [0.3, 0.4) is 0 Å². The van der Waals surface area contributed by atoms with Crippen LogP contribution in [0, 0.1) is 6.92 Å². The van der Waals surface area contributed by atoms with Gasteiger partial charge in [0.2, 0.25) is 5.91 Å². The molecular weight excluding hydrogens is 316 g/mol. The van der Waals surface area contributed by atoms with Crippen LogP contribution in [0.4, 0.5) is 0 Å². The van der Waals surface area contributed by atoms with Gasteiger partial charge < -0.3 is 14.4 Å². The van der Waals surface area contributed by atoms with Crippen molar-refractivity contribution in [2.24, 2.45) is 0 Å². The predicted octanol–water partition coefficient (Wildman–Crippen LogP) is 3.35. The van der Waals surface area contributed by atoms with E-state index in [-0.39, 0.29) is 18.6 Å². The molecule has 5 nitrogen and oxygen atoms in total. The van der Waals surface area contributed by atoms with Gasteiger partial charge in [0.15, 0.2) is 11.7 Å². The van der Waals surface area contributed by atoms with Crippen molar-refractivity contribution in [2.75, 3.05) is 13.2 Å². The molecule has 5 heteroatoms. The number of hydrogen-bond acceptors (Lipinski definition) is 4. The molecule has 1 saturated heterocycles. The highest BCUT2D eigenvalue weighted by molar-refractivity contribution is 5.77. The number of amides is 1. The number of nitrogens with zero attached hydrogens (tertiary/aromatic N) is 2. The minimum atomic E-state index is 0.164. The second kappa shape index (κ2) is 8.30. The van der Waals surface area contributed by atoms with E-state index in [9.17, 15) is 4.79 Å². The maximum absolute atomic E-state index is 12.5. The molecule has 1 N–H and O–H groups in total. The minimum absolute atomic E-state index is 0.164. The zero-order valence-corrected chi connectivity index (χ0v) is 14.8. The minimum Gasteiger partial charge on any atom is -0.440 e. The van der Waals surface area contributed by atoms with Gasteiger partial charge in [0.1, 0.15) is 0 Å². The molecule has 1 fully saturated rings. The van der Waals surface area contributed by atoms with Crippen LogP contribution in [-0.4, -0.2) is 40.1 Å². The van der Waals surface area contributed by atoms with Crippen LogP contribution in [-0.2, 0) is 11.2 Å². The number of carbonyl (C=O) groups excluding carboxylic acids is 1. The van der Waals surface area contributed by atoms with Crippen LogP contribution in [0.15, 0.2) is 34.7 Å². The zero-order valence-electron chi connectivity index (χ0n) is 14.8. The van der Waals surface area contributed by atoms with E-state index >= 15 is 0 Å². The van der Waals surface area contributed by atoms with E-state index in [1.54, 1.807) is 0 Å². The quantitative estimate of drug-likeness (QED) is 0.838. The Morgan fingerprint density at radius 1 is 1.36 bits per heavy atom. The Balaban J connectivity index is 1.59. The molecule has 0 aliphatic carbocycles. The SMILES string of the molecule is Cc1nc(CCC(=O)N2CCCC2CCCO)oc1-c1ccccc1. The lowest BCUT2D eigenvalue weighted by atomic mass is 10.1. The number of carbonyl (C=O) groups is 1. The second-order valence-corrected chi connectivity index (χ2v) is 6.64. The molecule has 2 heterocycles. The molecule has 134 valence electrons. The maximum Gasteiger partial charge on any atom is 0.223 e. The average molecular weight is 342 g/mol. The van der Waals surface area contributed by atoms with Crippen molar-refractivity contribution in [3.63, 3.8) is 0 Å². The van der Waals surface area contributed by atoms with E-state index in [4.69, 9.17) is 9.52 Å². The molecule has 0 saturated carbocycles. The molecule has 1 aliphatic rings. The Morgan fingerprint density at radius 3 is 2.92 bits per heavy atom. The molecule has 0 bridgehead atoms. The summed E-state index contributed by atoms with van der Waals surface area (Å²) >= 11 is 0. The third-order valence-corrected chi connectivity index (χ3v) is 4.82. The van der Waals surface area contributed by atoms with Crippen LogP contribution in [0.25, 0.3) is 11.3 Å². The van der Waals surface area contributed by atoms with Gasteiger partial charge in [0, 0.05) is 37.6 Å². The number of aliphatic hydroxyl groups excluding tert-OH is 1. The molecular formula is C20H26N2O3. The number of hydrogen-bond donors (Lipinski definition) is 1. The van der Waals surface area contributed by atoms with E-state index in [1.807, 2.05) is 42.2 Å². The lowest BCUT2D eigenvalue weighted by Gasteiger charge is -2.24. The molecule has 1 amide bonds. The number of likely N-dealkylation sites (tertiary alicyclic amines) is 1. The molecule has 25 heavy (non-hydrogen) atoms. The standard InChI is InChI=1S/C20H26N2O3/c1-15-20(16-7-3-2-4-8-16)25-18(21-15)11-12-19(24)22-13-5-9-17(22)10-6-14-23/h2-4,7-8,17,23H,5-6,9-14H2,1H3. The average Bonchev–Trinajstić information content (AvgIpc) is 3.25. The smallest absolute Gasteiger partial charge is 0.223 e. The fourth-order valence-corrected chi connectivity index (χ4v) is 3.57. The third-order valence-electron chi connectivity index (χ3n) is 4.82. The lowest BCUT2D eigenvalue weighted by molar-refractivity contribution is -0.132. The highest BCUT2D eigenvalue weighted by Gasteiger charge is 2.28. The van der Waals surface area contributed by atoms with E-state index < -0.39 is 0 Å². The van der Waals surface area contributed by atoms with Gasteiger partial charge in [0.05, 0.1) is 5.69 Å². The molecule has 1 aliphatic heterocycles. The lowest BCUT2D eigenvalue weighted by Crippen LogP contribution is -2.35. The van der Waals surface area contributed by atoms with E-state index in [2.05, 4.69) is 4.98 Å². The number of aliphatic hydroxyl groups is 1. The Kier molecular flexibility index (Phi) is 5.87. The molecule has 1 aromatic carbocycles. The van der Waals surface area contributed by atoms with Gasteiger partial charge in [-0.1, -0.05) is 30.3 Å². The topological polar surface area (TPSA) is 66.6 Å². The number of benzene rings is 1. The summed E-state index contributed by atoms with van der Waals surface area (Å²) in [5, 5.41) is 9.00. The van der Waals surface area contributed by atoms with E-state index in [0.29, 0.717) is 18.7 Å². The van der Waals surface area contributed by atoms with Crippen LogP contribution in [0.5, 0.6) is 0 Å². The highest BCUT2D eigenvalue weighted by Crippen LogP contribution is 2.26. The third kappa shape index (κ3) is 4.28. The van der Waals surface area contributed by atoms with Crippen LogP contribution in [0.1, 0.15) is 43.7 Å². The molecule has 1 unspecified atom stereocenters. The fraction of sp³-hybridized carbons (Fsp3) is 0.500. The van der Waals surface area contributed by atoms with Crippen molar-refractivity contribution >= 4 is 5.91 Å². The van der Waals surface area contributed by atoms with Crippen LogP contribution < -0.4 is 0 Å². The van der Waals surface area contributed by atoms with Crippen LogP contribution >= 0.6 is 0 Å². The maximum atomic E-state index is 12.5. The van der Waals surface area contributed by atoms with Crippen LogP contribution in [0.2, 0.25) is 0 Å². The number of aromatic nitrogens is 1. The van der Waals surface area contributed by atoms with Gasteiger partial charge in [-0.3, -0.25) is 4.79 Å². The van der Waals surface area contributed by atoms with Gasteiger partial charge in [-0.15, -0.1) is 0 Å². The first kappa shape index (κ1) is 17.7. The van der Waals surface area contributed by atoms with E-state index in [1.165, 1.54) is 0 Å². The predicted molar refractivity (Wildman–Crippen MR) is 96.1 cm³/mol. The Labute approximate surface area is 148 Å². The van der Waals surface area contributed by atoms with Gasteiger partial charge >= 0.3 is 0 Å². The summed E-state index contributed by atoms with van der Waals surface area (Å²) in [6, 6.07) is 10.2. The Hall–Kier alpha value is -2.14. The molecule has 2 aromatic rings. The highest BCUT2D eigenvalue weighted by atomic mass is 16.4. The fourth-order valence-electron chi connectivity index (χ4n) is 3.57. The second-order valence-electron chi connectivity index (χ2n) is 6.64. The van der Waals surface area contributed by atoms with E-state index in [0.717, 1.165) is 49.2 Å². The number of oxazole rings is 1. The van der Waals surface area contributed by atoms with Gasteiger partial charge in [0.25, 0.3) is 0 Å². The summed E-state index contributed by atoms with van der Waals surface area (Å²) in [5.74, 6) is 1.57. The van der Waals surface area contributed by atoms with Gasteiger partial charge in [-0.2, -0.15) is 0 Å². The summed E-state index contributed by atoms with van der Waals surface area (Å²) < 4.78 is 5.89. The molecule has 0 radical (unpaired) electrons. The zero-order chi connectivity index (χ0) is 17.6. The largest absolute Gasteiger partial charge is 0.440 e. The molecule has 0 spiro atoms. The van der Waals surface area contributed by atoms with Crippen molar-refractivity contribution < 1.29 is 14.3 Å². The first-order valence-corrected chi connectivity index (χ1v) is 9.11. The normalized spacial score (nSPS) is 17.2. The molecule has 1 atom stereocenters. The Morgan fingerprint density at radius 2 is 2.16 bits per heavy atom. The monoisotopic (exact) mass is 342 g/mol. The van der Waals surface area contributed by atoms with Crippen molar-refractivity contribution in [1.82, 2.24) is 9.88 Å². The van der Waals surface area contributed by atoms with Crippen molar-refractivity contribution in [3.8, 4) is 11.3 Å². The molecule has 1 aromatic heterocycles.